The minimum Gasteiger partial charge on any atom is -0.430 e. The summed E-state index contributed by atoms with van der Waals surface area (Å²) in [7, 11) is -7.22. The second-order valence-corrected chi connectivity index (χ2v) is 19.0. The molecule has 1 heterocycles. The first-order chi connectivity index (χ1) is 23.4. The number of benzene rings is 5. The van der Waals surface area contributed by atoms with Crippen LogP contribution in [0.1, 0.15) is 27.8 Å². The summed E-state index contributed by atoms with van der Waals surface area (Å²) in [5, 5.41) is 0. The molecule has 1 atom stereocenters. The standard InChI is InChI=1S/C37H41N4O5P3/c1-28-8-18-33(19-9-28)42-47(41(6)7)38-48(43-34-20-10-29(2)11-21-34,44-35-22-12-30(3)13-23-35)40-49(39-47,45-36-24-14-31(4)15-25-36)46-37-26-16-32(5)17-27-37/h8-27H,1-7H3. The molecule has 6 rings (SSSR count). The van der Waals surface area contributed by atoms with Gasteiger partial charge in [0.25, 0.3) is 0 Å². The smallest absolute Gasteiger partial charge is 0.430 e. The molecular formula is C37H41N4O5P3. The Labute approximate surface area is 289 Å². The molecular weight excluding hydrogens is 673 g/mol. The lowest BCUT2D eigenvalue weighted by Gasteiger charge is -2.35. The molecule has 0 bridgehead atoms. The summed E-state index contributed by atoms with van der Waals surface area (Å²) >= 11 is 0. The van der Waals surface area contributed by atoms with Gasteiger partial charge in [0.05, 0.1) is 0 Å². The zero-order valence-corrected chi connectivity index (χ0v) is 31.4. The predicted molar refractivity (Wildman–Crippen MR) is 201 cm³/mol. The molecule has 12 heteroatoms. The lowest BCUT2D eigenvalue weighted by Crippen LogP contribution is -2.16. The van der Waals surface area contributed by atoms with E-state index in [1.54, 1.807) is 0 Å². The molecule has 0 N–H and O–H groups in total. The van der Waals surface area contributed by atoms with Gasteiger partial charge >= 0.3 is 22.9 Å². The van der Waals surface area contributed by atoms with E-state index in [2.05, 4.69) is 0 Å². The monoisotopic (exact) mass is 714 g/mol. The molecule has 0 saturated heterocycles. The highest BCUT2D eigenvalue weighted by atomic mass is 31.3. The minimum absolute atomic E-state index is 0.524. The zero-order valence-electron chi connectivity index (χ0n) is 28.7. The third kappa shape index (κ3) is 8.49. The van der Waals surface area contributed by atoms with Gasteiger partial charge in [0.1, 0.15) is 28.7 Å². The molecule has 49 heavy (non-hydrogen) atoms. The second-order valence-electron chi connectivity index (χ2n) is 12.1. The lowest BCUT2D eigenvalue weighted by atomic mass is 10.2. The second kappa shape index (κ2) is 14.3. The van der Waals surface area contributed by atoms with Gasteiger partial charge in [0, 0.05) is 0 Å². The van der Waals surface area contributed by atoms with Crippen molar-refractivity contribution in [3.8, 4) is 28.7 Å². The Morgan fingerprint density at radius 2 is 0.592 bits per heavy atom. The lowest BCUT2D eigenvalue weighted by molar-refractivity contribution is 0.451. The van der Waals surface area contributed by atoms with Gasteiger partial charge < -0.3 is 22.6 Å². The van der Waals surface area contributed by atoms with Gasteiger partial charge in [-0.3, -0.25) is 0 Å². The summed E-state index contributed by atoms with van der Waals surface area (Å²) in [5.41, 5.74) is 5.42. The first kappa shape index (κ1) is 34.6. The van der Waals surface area contributed by atoms with E-state index in [9.17, 15) is 0 Å². The molecule has 0 aromatic heterocycles. The maximum Gasteiger partial charge on any atom is 0.459 e. The van der Waals surface area contributed by atoms with Crippen LogP contribution in [0.2, 0.25) is 0 Å². The molecule has 0 fully saturated rings. The van der Waals surface area contributed by atoms with Crippen molar-refractivity contribution in [1.29, 1.82) is 0 Å². The molecule has 0 aliphatic carbocycles. The Kier molecular flexibility index (Phi) is 10.1. The highest BCUT2D eigenvalue weighted by Crippen LogP contribution is 2.79. The Bertz CT molecular complexity index is 1880. The molecule has 9 nitrogen and oxygen atoms in total. The summed E-state index contributed by atoms with van der Waals surface area (Å²) in [6, 6.07) is 38.6. The summed E-state index contributed by atoms with van der Waals surface area (Å²) in [6.45, 7) is 10.1. The average Bonchev–Trinajstić information content (AvgIpc) is 3.06. The van der Waals surface area contributed by atoms with E-state index in [1.165, 1.54) is 0 Å². The third-order valence-electron chi connectivity index (χ3n) is 7.44. The van der Waals surface area contributed by atoms with Gasteiger partial charge in [0.15, 0.2) is 0 Å². The van der Waals surface area contributed by atoms with E-state index in [0.29, 0.717) is 28.7 Å². The molecule has 5 aromatic carbocycles. The number of rotatable bonds is 11. The summed E-state index contributed by atoms with van der Waals surface area (Å²) in [4.78, 5) is 0. The van der Waals surface area contributed by atoms with Crippen LogP contribution in [0.3, 0.4) is 0 Å². The fourth-order valence-electron chi connectivity index (χ4n) is 4.64. The van der Waals surface area contributed by atoms with Gasteiger partial charge in [0.2, 0.25) is 0 Å². The van der Waals surface area contributed by atoms with Crippen molar-refractivity contribution in [1.82, 2.24) is 4.67 Å². The van der Waals surface area contributed by atoms with Gasteiger partial charge in [-0.25, -0.2) is 4.67 Å². The van der Waals surface area contributed by atoms with Gasteiger partial charge in [-0.1, -0.05) is 93.0 Å². The van der Waals surface area contributed by atoms with Crippen LogP contribution < -0.4 is 22.6 Å². The van der Waals surface area contributed by atoms with Crippen LogP contribution in [-0.2, 0) is 0 Å². The highest BCUT2D eigenvalue weighted by Gasteiger charge is 2.48. The Morgan fingerprint density at radius 1 is 0.347 bits per heavy atom. The summed E-state index contributed by atoms with van der Waals surface area (Å²) in [6.07, 6.45) is 0. The van der Waals surface area contributed by atoms with Crippen molar-refractivity contribution in [3.63, 3.8) is 0 Å². The Balaban J connectivity index is 1.68. The molecule has 1 aliphatic heterocycles. The van der Waals surface area contributed by atoms with Crippen LogP contribution in [0.5, 0.6) is 28.7 Å². The van der Waals surface area contributed by atoms with Gasteiger partial charge in [-0.05, 0) is 109 Å². The van der Waals surface area contributed by atoms with Crippen molar-refractivity contribution in [2.75, 3.05) is 14.1 Å². The van der Waals surface area contributed by atoms with Crippen LogP contribution in [0.15, 0.2) is 135 Å². The topological polar surface area (TPSA) is 86.5 Å². The van der Waals surface area contributed by atoms with E-state index >= 15 is 0 Å². The average molecular weight is 715 g/mol. The molecule has 1 unspecified atom stereocenters. The van der Waals surface area contributed by atoms with Crippen LogP contribution in [0.25, 0.3) is 0 Å². The molecule has 0 radical (unpaired) electrons. The molecule has 0 saturated carbocycles. The quantitative estimate of drug-likeness (QED) is 0.127. The number of hydrogen-bond acceptors (Lipinski definition) is 9. The summed E-state index contributed by atoms with van der Waals surface area (Å²) < 4.78 is 52.0. The van der Waals surface area contributed by atoms with Crippen molar-refractivity contribution in [2.24, 2.45) is 13.5 Å². The van der Waals surface area contributed by atoms with Crippen molar-refractivity contribution in [3.05, 3.63) is 149 Å². The molecule has 5 aromatic rings. The van der Waals surface area contributed by atoms with Crippen LogP contribution in [0, 0.1) is 34.6 Å². The van der Waals surface area contributed by atoms with Gasteiger partial charge in [-0.2, -0.15) is 0 Å². The van der Waals surface area contributed by atoms with E-state index in [1.807, 2.05) is 175 Å². The van der Waals surface area contributed by atoms with Crippen molar-refractivity contribution >= 4 is 22.9 Å². The molecule has 1 aliphatic rings. The van der Waals surface area contributed by atoms with E-state index < -0.39 is 22.9 Å². The maximum absolute atomic E-state index is 6.88. The van der Waals surface area contributed by atoms with Crippen molar-refractivity contribution < 1.29 is 22.6 Å². The minimum atomic E-state index is -3.76. The van der Waals surface area contributed by atoms with E-state index in [-0.39, 0.29) is 0 Å². The van der Waals surface area contributed by atoms with Crippen LogP contribution >= 0.6 is 22.9 Å². The van der Waals surface area contributed by atoms with Crippen LogP contribution in [0.4, 0.5) is 0 Å². The Morgan fingerprint density at radius 3 is 0.857 bits per heavy atom. The summed E-state index contributed by atoms with van der Waals surface area (Å²) in [5.74, 6) is 2.68. The fraction of sp³-hybridized carbons (Fsp3) is 0.189. The molecule has 0 amide bonds. The molecule has 0 spiro atoms. The number of hydrogen-bond donors (Lipinski definition) is 0. The largest absolute Gasteiger partial charge is 0.459 e. The van der Waals surface area contributed by atoms with Crippen molar-refractivity contribution in [2.45, 2.75) is 34.6 Å². The maximum atomic E-state index is 6.88. The number of aryl methyl sites for hydroxylation is 5. The van der Waals surface area contributed by atoms with E-state index in [0.717, 1.165) is 27.8 Å². The van der Waals surface area contributed by atoms with E-state index in [4.69, 9.17) is 36.2 Å². The third-order valence-corrected chi connectivity index (χ3v) is 16.2. The SMILES string of the molecule is Cc1ccc(OP2(Oc3ccc(C)cc3)=NP(Oc3ccc(C)cc3)(Oc3ccc(C)cc3)=NP(Oc3ccc(C)cc3)(N(C)C)=N2)cc1. The molecule has 254 valence electrons. The Hall–Kier alpha value is -4.25. The zero-order chi connectivity index (χ0) is 34.6. The van der Waals surface area contributed by atoms with Crippen LogP contribution in [-0.4, -0.2) is 18.8 Å². The number of nitrogens with zero attached hydrogens (tertiary/aromatic N) is 4. The van der Waals surface area contributed by atoms with Gasteiger partial charge in [-0.15, -0.1) is 9.03 Å². The first-order valence-electron chi connectivity index (χ1n) is 15.8. The highest BCUT2D eigenvalue weighted by molar-refractivity contribution is 7.79. The first-order valence-corrected chi connectivity index (χ1v) is 20.5. The fourth-order valence-corrected chi connectivity index (χ4v) is 14.5. The predicted octanol–water partition coefficient (Wildman–Crippen LogP) is 12.3. The normalized spacial score (nSPS) is 17.6.